The average molecular weight is 359 g/mol. The van der Waals surface area contributed by atoms with E-state index >= 15 is 0 Å². The molecule has 0 fully saturated rings. The molecule has 1 aromatic heterocycles. The molecular weight excluding hydrogens is 349 g/mol. The van der Waals surface area contributed by atoms with Crippen molar-refractivity contribution >= 4 is 45.3 Å². The van der Waals surface area contributed by atoms with Crippen LogP contribution in [0.25, 0.3) is 10.9 Å². The zero-order chi connectivity index (χ0) is 18.0. The Bertz CT molecular complexity index is 1020. The van der Waals surface area contributed by atoms with Gasteiger partial charge in [-0.15, -0.1) is 10.2 Å². The highest BCUT2D eigenvalue weighted by Crippen LogP contribution is 2.35. The summed E-state index contributed by atoms with van der Waals surface area (Å²) in [5.74, 6) is -0.761. The third-order valence-electron chi connectivity index (χ3n) is 3.26. The van der Waals surface area contributed by atoms with Crippen molar-refractivity contribution in [1.82, 2.24) is 4.98 Å². The average Bonchev–Trinajstić information content (AvgIpc) is 2.88. The Morgan fingerprint density at radius 2 is 2.12 bits per heavy atom. The van der Waals surface area contributed by atoms with Crippen LogP contribution in [-0.2, 0) is 0 Å². The first-order valence-corrected chi connectivity index (χ1v) is 7.32. The van der Waals surface area contributed by atoms with E-state index in [1.54, 1.807) is 6.07 Å². The summed E-state index contributed by atoms with van der Waals surface area (Å²) in [4.78, 5) is 12.9. The number of nitro groups is 1. The van der Waals surface area contributed by atoms with E-state index in [4.69, 9.17) is 12.2 Å². The number of nitrogens with zero attached hydrogens (tertiary/aromatic N) is 3. The summed E-state index contributed by atoms with van der Waals surface area (Å²) < 4.78 is 13.4. The van der Waals surface area contributed by atoms with Crippen molar-refractivity contribution in [2.24, 2.45) is 10.2 Å². The van der Waals surface area contributed by atoms with E-state index in [0.29, 0.717) is 16.6 Å². The van der Waals surface area contributed by atoms with Crippen LogP contribution in [0.2, 0.25) is 0 Å². The summed E-state index contributed by atoms with van der Waals surface area (Å²) in [5.41, 5.74) is 0.796. The first-order chi connectivity index (χ1) is 11.9. The van der Waals surface area contributed by atoms with E-state index in [-0.39, 0.29) is 22.4 Å². The standard InChI is InChI=1S/C15H10FN5O3S/c16-8-4-5-12-11(6-8)13(14(22)18-12)19-20-15(25)17-9-2-1-3-10(7-9)21(23)24/h1-7,18,22H,(H,17,25). The van der Waals surface area contributed by atoms with Crippen molar-refractivity contribution in [2.75, 3.05) is 5.32 Å². The Balaban J connectivity index is 1.81. The molecule has 0 aliphatic heterocycles. The molecule has 2 aromatic carbocycles. The Morgan fingerprint density at radius 1 is 1.32 bits per heavy atom. The smallest absolute Gasteiger partial charge is 0.271 e. The molecule has 0 radical (unpaired) electrons. The van der Waals surface area contributed by atoms with Crippen molar-refractivity contribution in [1.29, 1.82) is 0 Å². The van der Waals surface area contributed by atoms with Crippen LogP contribution in [0, 0.1) is 15.9 Å². The van der Waals surface area contributed by atoms with Crippen molar-refractivity contribution in [3.63, 3.8) is 0 Å². The number of non-ortho nitro benzene ring substituents is 1. The van der Waals surface area contributed by atoms with Crippen LogP contribution in [0.3, 0.4) is 0 Å². The van der Waals surface area contributed by atoms with Gasteiger partial charge in [0.2, 0.25) is 11.0 Å². The van der Waals surface area contributed by atoms with Gasteiger partial charge >= 0.3 is 0 Å². The molecule has 0 unspecified atom stereocenters. The second-order valence-electron chi connectivity index (χ2n) is 4.95. The number of H-pyrrole nitrogens is 1. The minimum absolute atomic E-state index is 0.0395. The number of benzene rings is 2. The number of aromatic hydroxyl groups is 1. The molecule has 0 spiro atoms. The summed E-state index contributed by atoms with van der Waals surface area (Å²) in [6.45, 7) is 0. The maximum absolute atomic E-state index is 13.4. The van der Waals surface area contributed by atoms with Crippen molar-refractivity contribution in [3.8, 4) is 5.88 Å². The summed E-state index contributed by atoms with van der Waals surface area (Å²) in [6.07, 6.45) is 0. The second kappa shape index (κ2) is 6.61. The molecule has 25 heavy (non-hydrogen) atoms. The number of nitro benzene ring substituents is 1. The van der Waals surface area contributed by atoms with Crippen LogP contribution in [0.15, 0.2) is 52.7 Å². The fourth-order valence-corrected chi connectivity index (χ4v) is 2.34. The number of nitrogens with one attached hydrogen (secondary N) is 2. The van der Waals surface area contributed by atoms with Crippen LogP contribution in [0.4, 0.5) is 21.5 Å². The lowest BCUT2D eigenvalue weighted by molar-refractivity contribution is -0.384. The molecule has 1 heterocycles. The predicted octanol–water partition coefficient (Wildman–Crippen LogP) is 4.40. The van der Waals surface area contributed by atoms with E-state index < -0.39 is 10.7 Å². The Hall–Kier alpha value is -3.40. The van der Waals surface area contributed by atoms with Gasteiger partial charge in [0.25, 0.3) is 5.69 Å². The Kier molecular flexibility index (Phi) is 4.35. The second-order valence-corrected chi connectivity index (χ2v) is 5.34. The van der Waals surface area contributed by atoms with Crippen LogP contribution < -0.4 is 5.32 Å². The molecule has 126 valence electrons. The Labute approximate surface area is 145 Å². The third kappa shape index (κ3) is 3.58. The lowest BCUT2D eigenvalue weighted by Crippen LogP contribution is -2.05. The molecule has 3 N–H and O–H groups in total. The van der Waals surface area contributed by atoms with Crippen LogP contribution in [0.5, 0.6) is 5.88 Å². The molecule has 0 saturated carbocycles. The van der Waals surface area contributed by atoms with E-state index in [0.717, 1.165) is 0 Å². The molecular formula is C15H10FN5O3S. The van der Waals surface area contributed by atoms with Gasteiger partial charge in [0.1, 0.15) is 5.82 Å². The third-order valence-corrected chi connectivity index (χ3v) is 3.45. The molecule has 10 heteroatoms. The number of fused-ring (bicyclic) bond motifs is 1. The summed E-state index contributed by atoms with van der Waals surface area (Å²) in [5, 5.41) is 31.1. The number of halogens is 1. The highest BCUT2D eigenvalue weighted by Gasteiger charge is 2.12. The summed E-state index contributed by atoms with van der Waals surface area (Å²) in [7, 11) is 0. The number of azo groups is 1. The first kappa shape index (κ1) is 16.5. The van der Waals surface area contributed by atoms with Gasteiger partial charge in [0.15, 0.2) is 5.69 Å². The van der Waals surface area contributed by atoms with Gasteiger partial charge in [-0.1, -0.05) is 6.07 Å². The molecule has 0 aliphatic rings. The van der Waals surface area contributed by atoms with E-state index in [1.165, 1.54) is 36.4 Å². The normalized spacial score (nSPS) is 11.1. The number of thiocarbonyl (C=S) groups is 1. The zero-order valence-electron chi connectivity index (χ0n) is 12.4. The monoisotopic (exact) mass is 359 g/mol. The number of hydrogen-bond acceptors (Lipinski definition) is 5. The largest absolute Gasteiger partial charge is 0.493 e. The topological polar surface area (TPSA) is 116 Å². The highest BCUT2D eigenvalue weighted by molar-refractivity contribution is 7.80. The van der Waals surface area contributed by atoms with Crippen molar-refractivity contribution in [2.45, 2.75) is 0 Å². The van der Waals surface area contributed by atoms with Gasteiger partial charge in [0.05, 0.1) is 10.4 Å². The number of hydrogen-bond donors (Lipinski definition) is 3. The molecule has 8 nitrogen and oxygen atoms in total. The molecule has 3 rings (SSSR count). The SMILES string of the molecule is O=[N+]([O-])c1cccc(NC(=S)N=Nc2c(O)[nH]c3ccc(F)cc23)c1. The van der Waals surface area contributed by atoms with Crippen LogP contribution in [-0.4, -0.2) is 20.1 Å². The number of anilines is 1. The fourth-order valence-electron chi connectivity index (χ4n) is 2.18. The highest BCUT2D eigenvalue weighted by atomic mass is 32.1. The van der Waals surface area contributed by atoms with Crippen LogP contribution in [0.1, 0.15) is 0 Å². The lowest BCUT2D eigenvalue weighted by atomic mass is 10.2. The Morgan fingerprint density at radius 3 is 2.88 bits per heavy atom. The molecule has 0 amide bonds. The van der Waals surface area contributed by atoms with E-state index in [2.05, 4.69) is 20.5 Å². The van der Waals surface area contributed by atoms with E-state index in [1.807, 2.05) is 0 Å². The molecule has 0 aliphatic carbocycles. The van der Waals surface area contributed by atoms with Crippen LogP contribution >= 0.6 is 12.2 Å². The van der Waals surface area contributed by atoms with Crippen molar-refractivity contribution in [3.05, 3.63) is 58.4 Å². The van der Waals surface area contributed by atoms with Gasteiger partial charge in [-0.2, -0.15) is 0 Å². The van der Waals surface area contributed by atoms with Crippen molar-refractivity contribution < 1.29 is 14.4 Å². The number of rotatable bonds is 3. The molecule has 0 saturated heterocycles. The lowest BCUT2D eigenvalue weighted by Gasteiger charge is -2.02. The van der Waals surface area contributed by atoms with Gasteiger partial charge in [0, 0.05) is 23.2 Å². The predicted molar refractivity (Wildman–Crippen MR) is 93.8 cm³/mol. The van der Waals surface area contributed by atoms with Gasteiger partial charge in [-0.3, -0.25) is 10.1 Å². The molecule has 0 bridgehead atoms. The zero-order valence-corrected chi connectivity index (χ0v) is 13.2. The minimum atomic E-state index is -0.533. The molecule has 0 atom stereocenters. The van der Waals surface area contributed by atoms with E-state index in [9.17, 15) is 19.6 Å². The molecule has 3 aromatic rings. The van der Waals surface area contributed by atoms with Gasteiger partial charge in [-0.25, -0.2) is 4.39 Å². The summed E-state index contributed by atoms with van der Waals surface area (Å²) >= 11 is 5.00. The number of aromatic amines is 1. The van der Waals surface area contributed by atoms with Gasteiger partial charge in [-0.05, 0) is 36.5 Å². The quantitative estimate of drug-likeness (QED) is 0.277. The number of aromatic nitrogens is 1. The summed E-state index contributed by atoms with van der Waals surface area (Å²) in [6, 6.07) is 9.62. The fraction of sp³-hybridized carbons (Fsp3) is 0. The maximum atomic E-state index is 13.4. The minimum Gasteiger partial charge on any atom is -0.493 e. The van der Waals surface area contributed by atoms with Gasteiger partial charge < -0.3 is 15.4 Å². The first-order valence-electron chi connectivity index (χ1n) is 6.91. The maximum Gasteiger partial charge on any atom is 0.271 e.